The van der Waals surface area contributed by atoms with Crippen molar-refractivity contribution in [1.82, 2.24) is 14.8 Å². The van der Waals surface area contributed by atoms with Gasteiger partial charge in [0.15, 0.2) is 11.0 Å². The summed E-state index contributed by atoms with van der Waals surface area (Å²) < 4.78 is 8.29. The quantitative estimate of drug-likeness (QED) is 0.346. The second-order valence-electron chi connectivity index (χ2n) is 6.49. The highest BCUT2D eigenvalue weighted by atomic mass is 79.9. The van der Waals surface area contributed by atoms with Crippen LogP contribution in [0.25, 0.3) is 17.1 Å². The van der Waals surface area contributed by atoms with Crippen LogP contribution in [0.4, 0.5) is 5.69 Å². The summed E-state index contributed by atoms with van der Waals surface area (Å²) in [6.07, 6.45) is 0. The molecule has 0 saturated carbocycles. The second-order valence-corrected chi connectivity index (χ2v) is 8.29. The molecule has 0 aliphatic heterocycles. The summed E-state index contributed by atoms with van der Waals surface area (Å²) in [6, 6.07) is 25.0. The molecular formula is C23H19BrN4O2S. The van der Waals surface area contributed by atoms with Gasteiger partial charge in [0.1, 0.15) is 5.75 Å². The first-order valence-corrected chi connectivity index (χ1v) is 11.3. The first-order valence-electron chi connectivity index (χ1n) is 9.49. The van der Waals surface area contributed by atoms with E-state index < -0.39 is 0 Å². The van der Waals surface area contributed by atoms with E-state index in [1.807, 2.05) is 83.4 Å². The summed E-state index contributed by atoms with van der Waals surface area (Å²) in [5.41, 5.74) is 2.46. The highest BCUT2D eigenvalue weighted by molar-refractivity contribution is 9.10. The number of methoxy groups -OCH3 is 1. The van der Waals surface area contributed by atoms with Crippen LogP contribution < -0.4 is 10.1 Å². The maximum Gasteiger partial charge on any atom is 0.234 e. The van der Waals surface area contributed by atoms with Gasteiger partial charge >= 0.3 is 0 Å². The van der Waals surface area contributed by atoms with Crippen LogP contribution in [0.1, 0.15) is 0 Å². The number of carbonyl (C=O) groups is 1. The van der Waals surface area contributed by atoms with Crippen molar-refractivity contribution in [2.24, 2.45) is 0 Å². The molecule has 1 heterocycles. The molecule has 6 nitrogen and oxygen atoms in total. The predicted octanol–water partition coefficient (Wildman–Crippen LogP) is 5.44. The first kappa shape index (κ1) is 21.1. The molecule has 1 N–H and O–H groups in total. The first-order chi connectivity index (χ1) is 15.2. The molecule has 4 aromatic rings. The molecular weight excluding hydrogens is 476 g/mol. The number of hydrogen-bond donors (Lipinski definition) is 1. The molecule has 0 aliphatic rings. The number of rotatable bonds is 7. The molecule has 0 bridgehead atoms. The third-order valence-electron chi connectivity index (χ3n) is 4.48. The van der Waals surface area contributed by atoms with E-state index in [0.717, 1.165) is 21.4 Å². The zero-order valence-electron chi connectivity index (χ0n) is 16.7. The Kier molecular flexibility index (Phi) is 6.69. The van der Waals surface area contributed by atoms with E-state index in [4.69, 9.17) is 4.74 Å². The number of anilines is 1. The molecule has 156 valence electrons. The number of para-hydroxylation sites is 3. The lowest BCUT2D eigenvalue weighted by Gasteiger charge is -2.12. The largest absolute Gasteiger partial charge is 0.496 e. The Balaban J connectivity index is 1.63. The average molecular weight is 495 g/mol. The van der Waals surface area contributed by atoms with Crippen LogP contribution in [0.3, 0.4) is 0 Å². The molecule has 0 fully saturated rings. The van der Waals surface area contributed by atoms with Crippen LogP contribution in [0, 0.1) is 0 Å². The van der Waals surface area contributed by atoms with Crippen LogP contribution in [0.15, 0.2) is 88.5 Å². The number of hydrogen-bond acceptors (Lipinski definition) is 5. The van der Waals surface area contributed by atoms with Crippen molar-refractivity contribution in [3.8, 4) is 22.8 Å². The highest BCUT2D eigenvalue weighted by Crippen LogP contribution is 2.33. The van der Waals surface area contributed by atoms with Gasteiger partial charge in [0.2, 0.25) is 5.91 Å². The molecule has 4 rings (SSSR count). The fourth-order valence-corrected chi connectivity index (χ4v) is 4.19. The van der Waals surface area contributed by atoms with Gasteiger partial charge in [-0.1, -0.05) is 54.2 Å². The Morgan fingerprint density at radius 2 is 1.71 bits per heavy atom. The van der Waals surface area contributed by atoms with E-state index in [2.05, 4.69) is 31.4 Å². The van der Waals surface area contributed by atoms with Crippen LogP contribution in [0.5, 0.6) is 5.75 Å². The third kappa shape index (κ3) is 4.81. The summed E-state index contributed by atoms with van der Waals surface area (Å²) in [7, 11) is 1.63. The van der Waals surface area contributed by atoms with Crippen molar-refractivity contribution < 1.29 is 9.53 Å². The fourth-order valence-electron chi connectivity index (χ4n) is 3.06. The molecule has 0 aliphatic carbocycles. The normalized spacial score (nSPS) is 10.6. The topological polar surface area (TPSA) is 69.0 Å². The Morgan fingerprint density at radius 1 is 1.00 bits per heavy atom. The van der Waals surface area contributed by atoms with Crippen molar-refractivity contribution in [1.29, 1.82) is 0 Å². The van der Waals surface area contributed by atoms with E-state index >= 15 is 0 Å². The SMILES string of the molecule is COc1ccccc1-c1nnc(SCC(=O)Nc2ccccc2Br)n1-c1ccccc1. The zero-order chi connectivity index (χ0) is 21.6. The van der Waals surface area contributed by atoms with E-state index in [0.29, 0.717) is 16.7 Å². The number of nitrogens with zero attached hydrogens (tertiary/aromatic N) is 3. The summed E-state index contributed by atoms with van der Waals surface area (Å²) in [4.78, 5) is 12.5. The number of aromatic nitrogens is 3. The zero-order valence-corrected chi connectivity index (χ0v) is 19.1. The summed E-state index contributed by atoms with van der Waals surface area (Å²) in [6.45, 7) is 0. The number of benzene rings is 3. The van der Waals surface area contributed by atoms with Gasteiger partial charge in [0.25, 0.3) is 0 Å². The molecule has 0 radical (unpaired) electrons. The molecule has 1 aromatic heterocycles. The molecule has 0 unspecified atom stereocenters. The fraction of sp³-hybridized carbons (Fsp3) is 0.0870. The van der Waals surface area contributed by atoms with E-state index in [1.165, 1.54) is 11.8 Å². The summed E-state index contributed by atoms with van der Waals surface area (Å²) >= 11 is 4.77. The molecule has 0 saturated heterocycles. The highest BCUT2D eigenvalue weighted by Gasteiger charge is 2.19. The Labute approximate surface area is 192 Å². The predicted molar refractivity (Wildman–Crippen MR) is 127 cm³/mol. The van der Waals surface area contributed by atoms with E-state index in [-0.39, 0.29) is 11.7 Å². The lowest BCUT2D eigenvalue weighted by Crippen LogP contribution is -2.15. The number of nitrogens with one attached hydrogen (secondary N) is 1. The Morgan fingerprint density at radius 3 is 2.48 bits per heavy atom. The summed E-state index contributed by atoms with van der Waals surface area (Å²) in [5, 5.41) is 12.3. The Bertz CT molecular complexity index is 1200. The second kappa shape index (κ2) is 9.80. The van der Waals surface area contributed by atoms with Gasteiger partial charge in [-0.15, -0.1) is 10.2 Å². The Hall–Kier alpha value is -3.10. The standard InChI is InChI=1S/C23H19BrN4O2S/c1-30-20-14-8-5-11-17(20)22-26-27-23(28(22)16-9-3-2-4-10-16)31-15-21(29)25-19-13-7-6-12-18(19)24/h2-14H,15H2,1H3,(H,25,29). The molecule has 8 heteroatoms. The maximum absolute atomic E-state index is 12.5. The number of amides is 1. The molecule has 3 aromatic carbocycles. The number of ether oxygens (including phenoxy) is 1. The minimum atomic E-state index is -0.127. The smallest absolute Gasteiger partial charge is 0.234 e. The lowest BCUT2D eigenvalue weighted by atomic mass is 10.2. The van der Waals surface area contributed by atoms with Gasteiger partial charge in [-0.25, -0.2) is 0 Å². The van der Waals surface area contributed by atoms with Gasteiger partial charge in [-0.3, -0.25) is 9.36 Å². The van der Waals surface area contributed by atoms with Crippen molar-refractivity contribution in [3.63, 3.8) is 0 Å². The maximum atomic E-state index is 12.5. The molecule has 0 spiro atoms. The van der Waals surface area contributed by atoms with Gasteiger partial charge in [-0.05, 0) is 52.3 Å². The minimum Gasteiger partial charge on any atom is -0.496 e. The van der Waals surface area contributed by atoms with Gasteiger partial charge in [-0.2, -0.15) is 0 Å². The van der Waals surface area contributed by atoms with Crippen LogP contribution in [-0.2, 0) is 4.79 Å². The monoisotopic (exact) mass is 494 g/mol. The van der Waals surface area contributed by atoms with Gasteiger partial charge in [0.05, 0.1) is 24.1 Å². The van der Waals surface area contributed by atoms with Crippen molar-refractivity contribution in [3.05, 3.63) is 83.3 Å². The van der Waals surface area contributed by atoms with Gasteiger partial charge in [0, 0.05) is 10.2 Å². The average Bonchev–Trinajstić information content (AvgIpc) is 3.23. The van der Waals surface area contributed by atoms with Crippen LogP contribution >= 0.6 is 27.7 Å². The lowest BCUT2D eigenvalue weighted by molar-refractivity contribution is -0.113. The molecule has 1 amide bonds. The van der Waals surface area contributed by atoms with Gasteiger partial charge < -0.3 is 10.1 Å². The van der Waals surface area contributed by atoms with Crippen molar-refractivity contribution in [2.45, 2.75) is 5.16 Å². The minimum absolute atomic E-state index is 0.127. The van der Waals surface area contributed by atoms with E-state index in [9.17, 15) is 4.79 Å². The molecule has 31 heavy (non-hydrogen) atoms. The summed E-state index contributed by atoms with van der Waals surface area (Å²) in [5.74, 6) is 1.42. The van der Waals surface area contributed by atoms with E-state index in [1.54, 1.807) is 7.11 Å². The number of carbonyl (C=O) groups excluding carboxylic acids is 1. The van der Waals surface area contributed by atoms with Crippen LogP contribution in [-0.4, -0.2) is 33.5 Å². The van der Waals surface area contributed by atoms with Crippen molar-refractivity contribution in [2.75, 3.05) is 18.2 Å². The van der Waals surface area contributed by atoms with Crippen LogP contribution in [0.2, 0.25) is 0 Å². The number of thioether (sulfide) groups is 1. The van der Waals surface area contributed by atoms with Crippen molar-refractivity contribution >= 4 is 39.3 Å². The third-order valence-corrected chi connectivity index (χ3v) is 6.10. The number of halogens is 1. The molecule has 0 atom stereocenters.